The smallest absolute Gasteiger partial charge is 0.333 e. The van der Waals surface area contributed by atoms with Crippen LogP contribution in [0.5, 0.6) is 0 Å². The molecule has 0 radical (unpaired) electrons. The third-order valence-electron chi connectivity index (χ3n) is 4.44. The van der Waals surface area contributed by atoms with Gasteiger partial charge in [-0.2, -0.15) is 0 Å². The van der Waals surface area contributed by atoms with E-state index in [1.165, 1.54) is 24.2 Å². The van der Waals surface area contributed by atoms with Gasteiger partial charge in [0.2, 0.25) is 0 Å². The summed E-state index contributed by atoms with van der Waals surface area (Å²) in [5, 5.41) is 10.1. The number of hydrogen-bond acceptors (Lipinski definition) is 6. The third kappa shape index (κ3) is 3.47. The van der Waals surface area contributed by atoms with Crippen LogP contribution in [0.3, 0.4) is 0 Å². The summed E-state index contributed by atoms with van der Waals surface area (Å²) in [6.45, 7) is 3.06. The maximum Gasteiger partial charge on any atom is 0.333 e. The van der Waals surface area contributed by atoms with Gasteiger partial charge in [-0.1, -0.05) is 17.4 Å². The van der Waals surface area contributed by atoms with Gasteiger partial charge in [-0.15, -0.1) is 0 Å². The Kier molecular flexibility index (Phi) is 4.58. The van der Waals surface area contributed by atoms with Gasteiger partial charge in [-0.3, -0.25) is 9.80 Å². The van der Waals surface area contributed by atoms with E-state index in [0.717, 1.165) is 40.5 Å². The first-order valence-electron chi connectivity index (χ1n) is 8.16. The number of likely N-dealkylation sites (tertiary alicyclic amines) is 1. The van der Waals surface area contributed by atoms with E-state index in [-0.39, 0.29) is 0 Å². The number of aliphatic carboxylic acids is 1. The minimum atomic E-state index is -0.910. The molecule has 0 atom stereocenters. The van der Waals surface area contributed by atoms with Crippen molar-refractivity contribution < 1.29 is 9.90 Å². The van der Waals surface area contributed by atoms with E-state index in [4.69, 9.17) is 4.98 Å². The number of anilines is 2. The van der Waals surface area contributed by atoms with Crippen molar-refractivity contribution in [1.29, 1.82) is 0 Å². The molecular formula is C17H17BrN4O2S. The number of thiazole rings is 1. The molecule has 0 saturated carbocycles. The number of carbonyl (C=O) groups is 1. The summed E-state index contributed by atoms with van der Waals surface area (Å²) < 4.78 is 0.896. The van der Waals surface area contributed by atoms with E-state index in [1.807, 2.05) is 12.1 Å². The summed E-state index contributed by atoms with van der Waals surface area (Å²) in [6.07, 6.45) is 6.23. The minimum Gasteiger partial charge on any atom is -0.478 e. The van der Waals surface area contributed by atoms with E-state index in [2.05, 4.69) is 25.8 Å². The highest BCUT2D eigenvalue weighted by Gasteiger charge is 2.26. The molecule has 25 heavy (non-hydrogen) atoms. The largest absolute Gasteiger partial charge is 0.478 e. The third-order valence-corrected chi connectivity index (χ3v) is 5.91. The van der Waals surface area contributed by atoms with Crippen LogP contribution in [-0.4, -0.2) is 39.0 Å². The van der Waals surface area contributed by atoms with Crippen LogP contribution >= 0.6 is 27.3 Å². The lowest BCUT2D eigenvalue weighted by Gasteiger charge is -2.26. The van der Waals surface area contributed by atoms with E-state index < -0.39 is 5.97 Å². The normalized spacial score (nSPS) is 17.5. The molecule has 2 aliphatic rings. The van der Waals surface area contributed by atoms with Crippen molar-refractivity contribution in [2.24, 2.45) is 0 Å². The van der Waals surface area contributed by atoms with Crippen molar-refractivity contribution in [3.63, 3.8) is 0 Å². The van der Waals surface area contributed by atoms with Gasteiger partial charge < -0.3 is 5.11 Å². The number of aromatic nitrogens is 2. The second kappa shape index (κ2) is 6.86. The number of hydrogen-bond donors (Lipinski definition) is 1. The zero-order valence-corrected chi connectivity index (χ0v) is 15.9. The van der Waals surface area contributed by atoms with Gasteiger partial charge in [0.15, 0.2) is 5.13 Å². The highest BCUT2D eigenvalue weighted by molar-refractivity contribution is 9.11. The van der Waals surface area contributed by atoms with Gasteiger partial charge in [0.05, 0.1) is 21.3 Å². The number of pyridine rings is 1. The van der Waals surface area contributed by atoms with Crippen LogP contribution in [0.4, 0.5) is 10.9 Å². The monoisotopic (exact) mass is 420 g/mol. The second-order valence-electron chi connectivity index (χ2n) is 6.22. The fourth-order valence-corrected chi connectivity index (χ4v) is 4.38. The molecule has 1 saturated heterocycles. The molecule has 130 valence electrons. The van der Waals surface area contributed by atoms with Crippen LogP contribution in [0.2, 0.25) is 0 Å². The number of fused-ring (bicyclic) bond motifs is 1. The first kappa shape index (κ1) is 16.7. The van der Waals surface area contributed by atoms with Crippen molar-refractivity contribution in [1.82, 2.24) is 14.9 Å². The molecule has 4 heterocycles. The average Bonchev–Trinajstić information content (AvgIpc) is 3.25. The summed E-state index contributed by atoms with van der Waals surface area (Å²) in [4.78, 5) is 24.9. The van der Waals surface area contributed by atoms with E-state index in [0.29, 0.717) is 17.1 Å². The zero-order valence-electron chi connectivity index (χ0n) is 13.5. The van der Waals surface area contributed by atoms with Crippen LogP contribution in [0.25, 0.3) is 0 Å². The lowest BCUT2D eigenvalue weighted by atomic mass is 10.0. The van der Waals surface area contributed by atoms with Crippen molar-refractivity contribution in [2.45, 2.75) is 25.8 Å². The maximum absolute atomic E-state index is 11.5. The highest BCUT2D eigenvalue weighted by atomic mass is 79.9. The molecular weight excluding hydrogens is 404 g/mol. The SMILES string of the molecule is O=C(O)C1=CN(c2ncc(Br)s2)c2nc(CN3CCCC3)ccc2C1. The second-order valence-corrected chi connectivity index (χ2v) is 8.61. The Morgan fingerprint density at radius 1 is 1.32 bits per heavy atom. The molecule has 0 bridgehead atoms. The molecule has 0 aliphatic carbocycles. The van der Waals surface area contributed by atoms with Crippen molar-refractivity contribution in [2.75, 3.05) is 18.0 Å². The average molecular weight is 421 g/mol. The van der Waals surface area contributed by atoms with Crippen LogP contribution in [0.15, 0.2) is 33.9 Å². The molecule has 1 N–H and O–H groups in total. The van der Waals surface area contributed by atoms with Crippen LogP contribution < -0.4 is 4.90 Å². The molecule has 2 aliphatic heterocycles. The van der Waals surface area contributed by atoms with Gasteiger partial charge in [0.1, 0.15) is 5.82 Å². The fraction of sp³-hybridized carbons (Fsp3) is 0.353. The Morgan fingerprint density at radius 2 is 2.12 bits per heavy atom. The van der Waals surface area contributed by atoms with Gasteiger partial charge in [-0.25, -0.2) is 14.8 Å². The predicted molar refractivity (Wildman–Crippen MR) is 100 cm³/mol. The first-order chi connectivity index (χ1) is 12.1. The molecule has 6 nitrogen and oxygen atoms in total. The molecule has 0 aromatic carbocycles. The summed E-state index contributed by atoms with van der Waals surface area (Å²) in [5.74, 6) is -0.129. The predicted octanol–water partition coefficient (Wildman–Crippen LogP) is 3.56. The molecule has 2 aromatic heterocycles. The van der Waals surface area contributed by atoms with Gasteiger partial charge in [-0.05, 0) is 47.9 Å². The number of nitrogens with zero attached hydrogens (tertiary/aromatic N) is 4. The molecule has 2 aromatic rings. The van der Waals surface area contributed by atoms with Crippen LogP contribution in [-0.2, 0) is 17.8 Å². The first-order valence-corrected chi connectivity index (χ1v) is 9.77. The summed E-state index contributed by atoms with van der Waals surface area (Å²) in [5.41, 5.74) is 2.26. The number of halogens is 1. The maximum atomic E-state index is 11.5. The number of rotatable bonds is 4. The van der Waals surface area contributed by atoms with Gasteiger partial charge in [0, 0.05) is 24.7 Å². The van der Waals surface area contributed by atoms with Gasteiger partial charge >= 0.3 is 5.97 Å². The van der Waals surface area contributed by atoms with Crippen LogP contribution in [0, 0.1) is 0 Å². The Labute approximate surface area is 157 Å². The standard InChI is InChI=1S/C17H17BrN4O2S/c18-14-8-19-17(25-14)22-9-12(16(23)24)7-11-3-4-13(20-15(11)22)10-21-5-1-2-6-21/h3-4,8-9H,1-2,5-7,10H2,(H,23,24). The molecule has 8 heteroatoms. The van der Waals surface area contributed by atoms with Gasteiger partial charge in [0.25, 0.3) is 0 Å². The Balaban J connectivity index is 1.71. The van der Waals surface area contributed by atoms with Crippen molar-refractivity contribution in [3.05, 3.63) is 45.1 Å². The Morgan fingerprint density at radius 3 is 2.80 bits per heavy atom. The fourth-order valence-electron chi connectivity index (χ4n) is 3.22. The summed E-state index contributed by atoms with van der Waals surface area (Å²) in [6, 6.07) is 4.01. The molecule has 0 unspecified atom stereocenters. The molecule has 1 fully saturated rings. The quantitative estimate of drug-likeness (QED) is 0.814. The topological polar surface area (TPSA) is 69.6 Å². The molecule has 4 rings (SSSR count). The lowest BCUT2D eigenvalue weighted by molar-refractivity contribution is -0.132. The molecule has 0 spiro atoms. The van der Waals surface area contributed by atoms with E-state index in [9.17, 15) is 9.90 Å². The summed E-state index contributed by atoms with van der Waals surface area (Å²) >= 11 is 4.87. The zero-order chi connectivity index (χ0) is 17.4. The lowest BCUT2D eigenvalue weighted by Crippen LogP contribution is -2.24. The minimum absolute atomic E-state index is 0.341. The summed E-state index contributed by atoms with van der Waals surface area (Å²) in [7, 11) is 0. The van der Waals surface area contributed by atoms with Crippen molar-refractivity contribution in [3.8, 4) is 0 Å². The molecule has 0 amide bonds. The Bertz CT molecular complexity index is 845. The van der Waals surface area contributed by atoms with Crippen LogP contribution in [0.1, 0.15) is 24.1 Å². The number of carboxylic acid groups (broad SMARTS) is 1. The highest BCUT2D eigenvalue weighted by Crippen LogP contribution is 2.37. The van der Waals surface area contributed by atoms with Crippen molar-refractivity contribution >= 4 is 44.2 Å². The Hall–Kier alpha value is -1.77. The number of carboxylic acids is 1. The van der Waals surface area contributed by atoms with E-state index >= 15 is 0 Å². The van der Waals surface area contributed by atoms with E-state index in [1.54, 1.807) is 17.3 Å².